The number of anilines is 2. The van der Waals surface area contributed by atoms with Crippen LogP contribution < -0.4 is 11.5 Å². The van der Waals surface area contributed by atoms with Crippen LogP contribution in [0.5, 0.6) is 0 Å². The second-order valence-corrected chi connectivity index (χ2v) is 6.64. The fraction of sp³-hybridized carbons (Fsp3) is 0.625. The molecule has 0 amide bonds. The number of hydrogen-bond donors (Lipinski definition) is 2. The molecule has 3 unspecified atom stereocenters. The molecule has 3 aliphatic rings. The van der Waals surface area contributed by atoms with E-state index in [1.807, 2.05) is 7.05 Å². The average Bonchev–Trinajstić information content (AvgIpc) is 2.50. The zero-order chi connectivity index (χ0) is 16.6. The lowest BCUT2D eigenvalue weighted by atomic mass is 9.56. The number of aliphatic imine (C=N–C) groups is 1. The number of ether oxygens (including phenoxy) is 1. The van der Waals surface area contributed by atoms with Crippen LogP contribution in [-0.4, -0.2) is 34.8 Å². The molecule has 1 aromatic rings. The van der Waals surface area contributed by atoms with Crippen molar-refractivity contribution in [2.45, 2.75) is 45.1 Å². The van der Waals surface area contributed by atoms with Gasteiger partial charge in [0.05, 0.1) is 0 Å². The first-order chi connectivity index (χ1) is 10.9. The number of nitrogens with two attached hydrogens (primary N) is 2. The molecule has 2 bridgehead atoms. The number of nitrogen functional groups attached to an aromatic ring is 2. The van der Waals surface area contributed by atoms with Crippen LogP contribution in [0.2, 0.25) is 0 Å². The third-order valence-corrected chi connectivity index (χ3v) is 5.23. The van der Waals surface area contributed by atoms with E-state index in [9.17, 15) is 4.79 Å². The van der Waals surface area contributed by atoms with Crippen LogP contribution >= 0.6 is 0 Å². The van der Waals surface area contributed by atoms with Gasteiger partial charge in [-0.15, -0.1) is 0 Å². The molecule has 0 radical (unpaired) electrons. The van der Waals surface area contributed by atoms with Gasteiger partial charge in [-0.25, -0.2) is 4.98 Å². The van der Waals surface area contributed by atoms with Crippen molar-refractivity contribution >= 4 is 23.4 Å². The number of carbonyl (C=O) groups is 1. The second kappa shape index (κ2) is 5.79. The maximum Gasteiger partial charge on any atom is 0.302 e. The van der Waals surface area contributed by atoms with Gasteiger partial charge in [-0.3, -0.25) is 9.79 Å². The molecule has 0 aliphatic heterocycles. The normalized spacial score (nSPS) is 31.3. The summed E-state index contributed by atoms with van der Waals surface area (Å²) in [5.74, 6) is 0.754. The zero-order valence-corrected chi connectivity index (χ0v) is 13.6. The highest BCUT2D eigenvalue weighted by molar-refractivity contribution is 5.89. The summed E-state index contributed by atoms with van der Waals surface area (Å²) in [7, 11) is 1.84. The van der Waals surface area contributed by atoms with Crippen molar-refractivity contribution in [2.75, 3.05) is 18.5 Å². The maximum atomic E-state index is 11.5. The number of aromatic nitrogens is 2. The largest absolute Gasteiger partial charge is 0.462 e. The quantitative estimate of drug-likeness (QED) is 0.813. The number of esters is 1. The Labute approximate surface area is 135 Å². The van der Waals surface area contributed by atoms with Crippen LogP contribution in [0.25, 0.3) is 0 Å². The third-order valence-electron chi connectivity index (χ3n) is 5.23. The highest BCUT2D eigenvalue weighted by Gasteiger charge is 2.52. The first kappa shape index (κ1) is 15.7. The first-order valence-corrected chi connectivity index (χ1v) is 7.93. The zero-order valence-electron chi connectivity index (χ0n) is 13.6. The van der Waals surface area contributed by atoms with Crippen molar-refractivity contribution in [3.63, 3.8) is 0 Å². The molecule has 3 fully saturated rings. The summed E-state index contributed by atoms with van der Waals surface area (Å²) >= 11 is 0. The molecule has 3 aliphatic carbocycles. The number of rotatable bonds is 3. The van der Waals surface area contributed by atoms with E-state index in [1.54, 1.807) is 6.20 Å². The van der Waals surface area contributed by atoms with Crippen LogP contribution in [0.3, 0.4) is 0 Å². The molecule has 124 valence electrons. The van der Waals surface area contributed by atoms with E-state index in [2.05, 4.69) is 15.0 Å². The second-order valence-electron chi connectivity index (χ2n) is 6.64. The Morgan fingerprint density at radius 3 is 2.96 bits per heavy atom. The molecule has 7 heteroatoms. The summed E-state index contributed by atoms with van der Waals surface area (Å²) in [5.41, 5.74) is 13.5. The van der Waals surface area contributed by atoms with Crippen LogP contribution in [0.1, 0.15) is 38.2 Å². The Balaban J connectivity index is 1.94. The molecule has 7 nitrogen and oxygen atoms in total. The molecule has 1 heterocycles. The van der Waals surface area contributed by atoms with Gasteiger partial charge in [0.2, 0.25) is 5.95 Å². The van der Waals surface area contributed by atoms with Gasteiger partial charge in [0, 0.05) is 42.8 Å². The predicted molar refractivity (Wildman–Crippen MR) is 87.9 cm³/mol. The van der Waals surface area contributed by atoms with E-state index in [0.717, 1.165) is 31.2 Å². The Morgan fingerprint density at radius 2 is 2.30 bits per heavy atom. The molecule has 0 aromatic carbocycles. The van der Waals surface area contributed by atoms with E-state index < -0.39 is 0 Å². The minimum atomic E-state index is -0.238. The van der Waals surface area contributed by atoms with Crippen LogP contribution in [0.15, 0.2) is 11.2 Å². The highest BCUT2D eigenvalue weighted by atomic mass is 16.5. The van der Waals surface area contributed by atoms with Crippen molar-refractivity contribution in [1.29, 1.82) is 0 Å². The maximum absolute atomic E-state index is 11.5. The van der Waals surface area contributed by atoms with E-state index in [-0.39, 0.29) is 23.4 Å². The molecule has 0 spiro atoms. The topological polar surface area (TPSA) is 116 Å². The minimum Gasteiger partial charge on any atom is -0.462 e. The van der Waals surface area contributed by atoms with Gasteiger partial charge in [-0.1, -0.05) is 0 Å². The van der Waals surface area contributed by atoms with Crippen molar-refractivity contribution in [2.24, 2.45) is 16.3 Å². The Morgan fingerprint density at radius 1 is 1.52 bits per heavy atom. The summed E-state index contributed by atoms with van der Waals surface area (Å²) < 4.78 is 5.66. The number of carbonyl (C=O) groups excluding carboxylic acids is 1. The van der Waals surface area contributed by atoms with Gasteiger partial charge >= 0.3 is 5.97 Å². The monoisotopic (exact) mass is 317 g/mol. The number of hydrogen-bond acceptors (Lipinski definition) is 7. The lowest BCUT2D eigenvalue weighted by Gasteiger charge is -2.52. The first-order valence-electron chi connectivity index (χ1n) is 7.93. The van der Waals surface area contributed by atoms with Gasteiger partial charge < -0.3 is 16.2 Å². The van der Waals surface area contributed by atoms with Crippen LogP contribution in [0, 0.1) is 11.3 Å². The summed E-state index contributed by atoms with van der Waals surface area (Å²) in [6, 6.07) is 0. The molecular weight excluding hydrogens is 294 g/mol. The molecule has 0 saturated heterocycles. The van der Waals surface area contributed by atoms with E-state index in [4.69, 9.17) is 16.2 Å². The van der Waals surface area contributed by atoms with E-state index in [0.29, 0.717) is 18.2 Å². The smallest absolute Gasteiger partial charge is 0.302 e. The molecule has 1 aromatic heterocycles. The molecule has 3 saturated carbocycles. The lowest BCUT2D eigenvalue weighted by Crippen LogP contribution is -2.53. The minimum absolute atomic E-state index is 0.110. The van der Waals surface area contributed by atoms with Gasteiger partial charge in [-0.2, -0.15) is 4.98 Å². The number of nitrogens with zero attached hydrogens (tertiary/aromatic N) is 3. The average molecular weight is 317 g/mol. The van der Waals surface area contributed by atoms with Gasteiger partial charge in [-0.05, 0) is 32.1 Å². The van der Waals surface area contributed by atoms with Gasteiger partial charge in [0.25, 0.3) is 0 Å². The molecule has 23 heavy (non-hydrogen) atoms. The Kier molecular flexibility index (Phi) is 3.95. The van der Waals surface area contributed by atoms with Crippen molar-refractivity contribution < 1.29 is 9.53 Å². The predicted octanol–water partition coefficient (Wildman–Crippen LogP) is 1.38. The van der Waals surface area contributed by atoms with Crippen LogP contribution in [-0.2, 0) is 16.0 Å². The highest BCUT2D eigenvalue weighted by Crippen LogP contribution is 2.52. The summed E-state index contributed by atoms with van der Waals surface area (Å²) in [4.78, 5) is 24.1. The molecule has 3 atom stereocenters. The van der Waals surface area contributed by atoms with E-state index in [1.165, 1.54) is 12.6 Å². The van der Waals surface area contributed by atoms with E-state index >= 15 is 0 Å². The standard InChI is InChI=1S/C16H23N5O2/c1-9(22)23-13-5-10-3-4-16(13,7-12(10)19-2)6-11-8-20-15(18)21-14(11)17/h8,10,13H,3-7H2,1-2H3,(H4,17,18,20,21)/b19-12+. The number of fused-ring (bicyclic) bond motifs is 3. The Bertz CT molecular complexity index is 660. The third kappa shape index (κ3) is 2.87. The van der Waals surface area contributed by atoms with Crippen molar-refractivity contribution in [3.8, 4) is 0 Å². The molecule has 4 N–H and O–H groups in total. The van der Waals surface area contributed by atoms with Crippen molar-refractivity contribution in [1.82, 2.24) is 9.97 Å². The molecular formula is C16H23N5O2. The van der Waals surface area contributed by atoms with Gasteiger partial charge in [0.1, 0.15) is 11.9 Å². The molecule has 4 rings (SSSR count). The van der Waals surface area contributed by atoms with Gasteiger partial charge in [0.15, 0.2) is 0 Å². The van der Waals surface area contributed by atoms with Crippen LogP contribution in [0.4, 0.5) is 11.8 Å². The summed E-state index contributed by atoms with van der Waals surface area (Å²) in [6.45, 7) is 1.46. The fourth-order valence-electron chi connectivity index (χ4n) is 4.11. The SMILES string of the molecule is C/N=C1\CC2(Cc3cnc(N)nc3N)CCC1CC2OC(C)=O. The van der Waals surface area contributed by atoms with Crippen molar-refractivity contribution in [3.05, 3.63) is 11.8 Å². The fourth-order valence-corrected chi connectivity index (χ4v) is 4.11. The summed E-state index contributed by atoms with van der Waals surface area (Å²) in [5, 5.41) is 0. The lowest BCUT2D eigenvalue weighted by molar-refractivity contribution is -0.159. The summed E-state index contributed by atoms with van der Waals surface area (Å²) in [6.07, 6.45) is 5.96. The Hall–Kier alpha value is -2.18.